The van der Waals surface area contributed by atoms with Crippen LogP contribution in [0.3, 0.4) is 0 Å². The van der Waals surface area contributed by atoms with Crippen molar-refractivity contribution in [3.63, 3.8) is 0 Å². The Balaban J connectivity index is 2.77. The lowest BCUT2D eigenvalue weighted by Gasteiger charge is -2.47. The van der Waals surface area contributed by atoms with E-state index >= 15 is 0 Å². The summed E-state index contributed by atoms with van der Waals surface area (Å²) >= 11 is 0. The molecule has 1 aliphatic carbocycles. The zero-order valence-electron chi connectivity index (χ0n) is 8.35. The quantitative estimate of drug-likeness (QED) is 0.642. The molecule has 12 heavy (non-hydrogen) atoms. The molecule has 1 fully saturated rings. The number of hydrogen-bond acceptors (Lipinski definition) is 2. The van der Waals surface area contributed by atoms with E-state index in [2.05, 4.69) is 13.8 Å². The third-order valence-electron chi connectivity index (χ3n) is 3.20. The smallest absolute Gasteiger partial charge is 0.0922 e. The molecule has 0 aromatic heterocycles. The van der Waals surface area contributed by atoms with E-state index in [4.69, 9.17) is 9.84 Å². The molecule has 70 valence electrons. The topological polar surface area (TPSA) is 29.5 Å². The minimum absolute atomic E-state index is 0.134. The molecule has 0 saturated heterocycles. The molecule has 1 N–H and O–H groups in total. The molecule has 1 atom stereocenters. The van der Waals surface area contributed by atoms with Crippen molar-refractivity contribution in [3.8, 4) is 0 Å². The van der Waals surface area contributed by atoms with Crippen molar-refractivity contribution in [3.05, 3.63) is 11.3 Å². The molecule has 0 bridgehead atoms. The minimum atomic E-state index is 0.134. The van der Waals surface area contributed by atoms with E-state index in [0.29, 0.717) is 5.92 Å². The molecule has 0 aromatic rings. The van der Waals surface area contributed by atoms with Gasteiger partial charge in [-0.3, -0.25) is 0 Å². The van der Waals surface area contributed by atoms with Crippen molar-refractivity contribution in [2.24, 2.45) is 11.3 Å². The number of methoxy groups -OCH3 is 1. The summed E-state index contributed by atoms with van der Waals surface area (Å²) in [5, 5.41) is 9.03. The monoisotopic (exact) mass is 170 g/mol. The second-order valence-corrected chi connectivity index (χ2v) is 4.04. The number of ether oxygens (including phenoxy) is 1. The lowest BCUT2D eigenvalue weighted by atomic mass is 9.58. The van der Waals surface area contributed by atoms with Gasteiger partial charge in [0.2, 0.25) is 0 Å². The summed E-state index contributed by atoms with van der Waals surface area (Å²) in [7, 11) is 1.70. The first-order valence-electron chi connectivity index (χ1n) is 4.39. The average Bonchev–Trinajstić information content (AvgIpc) is 2.03. The summed E-state index contributed by atoms with van der Waals surface area (Å²) < 4.78 is 5.18. The Morgan fingerprint density at radius 3 is 2.58 bits per heavy atom. The number of aliphatic hydroxyl groups is 1. The van der Waals surface area contributed by atoms with Crippen molar-refractivity contribution in [2.45, 2.75) is 27.2 Å². The Kier molecular flexibility index (Phi) is 2.47. The van der Waals surface area contributed by atoms with Gasteiger partial charge in [-0.05, 0) is 30.3 Å². The van der Waals surface area contributed by atoms with Gasteiger partial charge in [-0.2, -0.15) is 0 Å². The van der Waals surface area contributed by atoms with Gasteiger partial charge >= 0.3 is 0 Å². The second-order valence-electron chi connectivity index (χ2n) is 4.04. The second kappa shape index (κ2) is 3.09. The van der Waals surface area contributed by atoms with Gasteiger partial charge in [0.05, 0.1) is 12.9 Å². The zero-order chi connectivity index (χ0) is 9.35. The lowest BCUT2D eigenvalue weighted by molar-refractivity contribution is 0.0748. The van der Waals surface area contributed by atoms with Crippen molar-refractivity contribution >= 4 is 0 Å². The summed E-state index contributed by atoms with van der Waals surface area (Å²) in [5.74, 6) is 1.43. The summed E-state index contributed by atoms with van der Waals surface area (Å²) in [6.45, 7) is 6.60. The molecular weight excluding hydrogens is 152 g/mol. The first-order valence-corrected chi connectivity index (χ1v) is 4.39. The fourth-order valence-corrected chi connectivity index (χ4v) is 1.89. The molecule has 1 saturated carbocycles. The molecule has 0 spiro atoms. The Labute approximate surface area is 74.2 Å². The van der Waals surface area contributed by atoms with Crippen LogP contribution in [0.2, 0.25) is 0 Å². The highest BCUT2D eigenvalue weighted by atomic mass is 16.5. The van der Waals surface area contributed by atoms with Crippen LogP contribution >= 0.6 is 0 Å². The van der Waals surface area contributed by atoms with E-state index in [1.807, 2.05) is 6.92 Å². The fraction of sp³-hybridized carbons (Fsp3) is 0.800. The number of rotatable bonds is 2. The van der Waals surface area contributed by atoms with Crippen LogP contribution in [-0.2, 0) is 4.74 Å². The van der Waals surface area contributed by atoms with E-state index in [0.717, 1.165) is 12.2 Å². The van der Waals surface area contributed by atoms with Crippen molar-refractivity contribution in [1.82, 2.24) is 0 Å². The number of hydrogen-bond donors (Lipinski definition) is 1. The first-order chi connectivity index (χ1) is 5.54. The first kappa shape index (κ1) is 9.59. The average molecular weight is 170 g/mol. The minimum Gasteiger partial charge on any atom is -0.501 e. The lowest BCUT2D eigenvalue weighted by Crippen LogP contribution is -2.40. The van der Waals surface area contributed by atoms with Gasteiger partial charge in [0, 0.05) is 6.61 Å². The Bertz CT molecular complexity index is 204. The molecule has 2 nitrogen and oxygen atoms in total. The standard InChI is InChI=1S/C10H18O2/c1-7(12-4)9-5-8(6-11)10(9,2)3/h8,11H,5-6H2,1-4H3/b9-7-/t8-/m0/s1. The number of aliphatic hydroxyl groups excluding tert-OH is 1. The van der Waals surface area contributed by atoms with Gasteiger partial charge in [-0.25, -0.2) is 0 Å². The maximum Gasteiger partial charge on any atom is 0.0922 e. The van der Waals surface area contributed by atoms with Gasteiger partial charge < -0.3 is 9.84 Å². The molecule has 0 heterocycles. The molecule has 1 rings (SSSR count). The molecule has 1 aliphatic rings. The highest BCUT2D eigenvalue weighted by Crippen LogP contribution is 2.51. The Morgan fingerprint density at radius 2 is 2.25 bits per heavy atom. The maximum atomic E-state index is 9.03. The molecule has 0 radical (unpaired) electrons. The zero-order valence-corrected chi connectivity index (χ0v) is 8.35. The molecule has 0 aliphatic heterocycles. The summed E-state index contributed by atoms with van der Waals surface area (Å²) in [6.07, 6.45) is 0.989. The van der Waals surface area contributed by atoms with Crippen LogP contribution in [0.1, 0.15) is 27.2 Å². The summed E-state index contributed by atoms with van der Waals surface area (Å²) in [6, 6.07) is 0. The van der Waals surface area contributed by atoms with Crippen LogP contribution in [-0.4, -0.2) is 18.8 Å². The van der Waals surface area contributed by atoms with Crippen LogP contribution in [0.25, 0.3) is 0 Å². The van der Waals surface area contributed by atoms with E-state index in [1.54, 1.807) is 7.11 Å². The van der Waals surface area contributed by atoms with Crippen LogP contribution < -0.4 is 0 Å². The van der Waals surface area contributed by atoms with Crippen molar-refractivity contribution < 1.29 is 9.84 Å². The summed E-state index contributed by atoms with van der Waals surface area (Å²) in [5.41, 5.74) is 1.48. The van der Waals surface area contributed by atoms with Crippen LogP contribution in [0.5, 0.6) is 0 Å². The van der Waals surface area contributed by atoms with E-state index in [-0.39, 0.29) is 12.0 Å². The van der Waals surface area contributed by atoms with Crippen LogP contribution in [0.15, 0.2) is 11.3 Å². The highest BCUT2D eigenvalue weighted by molar-refractivity contribution is 5.26. The maximum absolute atomic E-state index is 9.03. The van der Waals surface area contributed by atoms with Gasteiger partial charge in [0.1, 0.15) is 0 Å². The van der Waals surface area contributed by atoms with E-state index in [9.17, 15) is 0 Å². The normalized spacial score (nSPS) is 30.9. The molecular formula is C10H18O2. The van der Waals surface area contributed by atoms with Crippen molar-refractivity contribution in [2.75, 3.05) is 13.7 Å². The van der Waals surface area contributed by atoms with Gasteiger partial charge in [-0.1, -0.05) is 13.8 Å². The van der Waals surface area contributed by atoms with Gasteiger partial charge in [0.25, 0.3) is 0 Å². The van der Waals surface area contributed by atoms with E-state index < -0.39 is 0 Å². The molecule has 0 aromatic carbocycles. The van der Waals surface area contributed by atoms with Crippen LogP contribution in [0.4, 0.5) is 0 Å². The fourth-order valence-electron chi connectivity index (χ4n) is 1.89. The SMILES string of the molecule is CO/C(C)=C1/C[C@@H](CO)C1(C)C. The Hall–Kier alpha value is -0.500. The largest absolute Gasteiger partial charge is 0.501 e. The third kappa shape index (κ3) is 1.24. The summed E-state index contributed by atoms with van der Waals surface area (Å²) in [4.78, 5) is 0. The highest BCUT2D eigenvalue weighted by Gasteiger charge is 2.44. The number of allylic oxidation sites excluding steroid dienone is 2. The van der Waals surface area contributed by atoms with Gasteiger partial charge in [0.15, 0.2) is 0 Å². The molecule has 0 unspecified atom stereocenters. The predicted molar refractivity (Wildman–Crippen MR) is 48.7 cm³/mol. The van der Waals surface area contributed by atoms with E-state index in [1.165, 1.54) is 5.57 Å². The van der Waals surface area contributed by atoms with Crippen molar-refractivity contribution in [1.29, 1.82) is 0 Å². The molecule has 0 amide bonds. The van der Waals surface area contributed by atoms with Gasteiger partial charge in [-0.15, -0.1) is 0 Å². The Morgan fingerprint density at radius 1 is 1.67 bits per heavy atom. The third-order valence-corrected chi connectivity index (χ3v) is 3.20. The van der Waals surface area contributed by atoms with Crippen LogP contribution in [0, 0.1) is 11.3 Å². The predicted octanol–water partition coefficient (Wildman–Crippen LogP) is 1.95. The molecule has 2 heteroatoms.